The number of carbonyl (C=O) groups is 5. The number of aryl methyl sites for hydroxylation is 1. The summed E-state index contributed by atoms with van der Waals surface area (Å²) in [6.07, 6.45) is 10.4. The molecule has 3 saturated heterocycles. The first-order valence-corrected chi connectivity index (χ1v) is 20.5. The molecule has 0 bridgehead atoms. The van der Waals surface area contributed by atoms with Crippen molar-refractivity contribution < 1.29 is 33.4 Å². The van der Waals surface area contributed by atoms with E-state index in [1.54, 1.807) is 16.8 Å². The second-order valence-corrected chi connectivity index (χ2v) is 16.0. The number of imide groups is 2. The summed E-state index contributed by atoms with van der Waals surface area (Å²) in [5, 5.41) is 9.10. The molecule has 3 fully saturated rings. The number of hydrogen-bond donors (Lipinski definition) is 2. The molecule has 0 aliphatic carbocycles. The van der Waals surface area contributed by atoms with Crippen molar-refractivity contribution in [3.63, 3.8) is 0 Å². The number of likely N-dealkylation sites (tertiary alicyclic amines) is 1. The number of benzene rings is 2. The molecule has 0 atom stereocenters. The highest BCUT2D eigenvalue weighted by molar-refractivity contribution is 6.06. The molecule has 1 aromatic heterocycles. The normalized spacial score (nSPS) is 16.3. The molecule has 0 spiro atoms. The first-order valence-electron chi connectivity index (χ1n) is 20.5. The van der Waals surface area contributed by atoms with Gasteiger partial charge in [-0.25, -0.2) is 14.4 Å². The Morgan fingerprint density at radius 1 is 0.864 bits per heavy atom. The molecule has 3 aliphatic rings. The molecule has 0 unspecified atom stereocenters. The van der Waals surface area contributed by atoms with Crippen molar-refractivity contribution in [3.05, 3.63) is 72.1 Å². The van der Waals surface area contributed by atoms with Gasteiger partial charge in [0.05, 0.1) is 25.4 Å². The Labute approximate surface area is 347 Å². The van der Waals surface area contributed by atoms with E-state index in [4.69, 9.17) is 9.47 Å². The van der Waals surface area contributed by atoms with Crippen LogP contribution in [-0.4, -0.2) is 108 Å². The predicted octanol–water partition coefficient (Wildman–Crippen LogP) is 6.27. The summed E-state index contributed by atoms with van der Waals surface area (Å²) in [7, 11) is 1.75. The SMILES string of the molecule is CN(CCCCCCOc1cccc(N2CCC(=O)NC2=O)c1)C(=O)OC(C)(C)C.Cc1cnn(C2CCN(CC#Cc3ccc(N4CCC(=O)NC4=O)cc3)CC2)c1. The minimum absolute atomic E-state index is 0.225. The van der Waals surface area contributed by atoms with Crippen molar-refractivity contribution in [2.75, 3.05) is 62.7 Å². The molecule has 7 amide bonds. The van der Waals surface area contributed by atoms with Gasteiger partial charge < -0.3 is 14.4 Å². The lowest BCUT2D eigenvalue weighted by atomic mass is 10.1. The fourth-order valence-corrected chi connectivity index (χ4v) is 6.74. The van der Waals surface area contributed by atoms with Crippen LogP contribution in [0.1, 0.15) is 89.3 Å². The summed E-state index contributed by atoms with van der Waals surface area (Å²) < 4.78 is 13.2. The third kappa shape index (κ3) is 14.2. The third-order valence-electron chi connectivity index (χ3n) is 9.98. The van der Waals surface area contributed by atoms with Crippen molar-refractivity contribution >= 4 is 41.3 Å². The molecule has 2 aromatic carbocycles. The highest BCUT2D eigenvalue weighted by atomic mass is 16.6. The summed E-state index contributed by atoms with van der Waals surface area (Å²) >= 11 is 0. The topological polar surface area (TPSA) is 159 Å². The lowest BCUT2D eigenvalue weighted by Gasteiger charge is -2.30. The highest BCUT2D eigenvalue weighted by Crippen LogP contribution is 2.24. The maximum absolute atomic E-state index is 12.0. The molecular formula is C44H58N8O7. The van der Waals surface area contributed by atoms with Crippen LogP contribution in [0.4, 0.5) is 25.8 Å². The van der Waals surface area contributed by atoms with Crippen molar-refractivity contribution in [3.8, 4) is 17.6 Å². The number of ether oxygens (including phenoxy) is 2. The van der Waals surface area contributed by atoms with Crippen LogP contribution in [0.15, 0.2) is 60.9 Å². The number of hydrogen-bond acceptors (Lipinski definition) is 9. The Bertz CT molecular complexity index is 1970. The van der Waals surface area contributed by atoms with Crippen LogP contribution in [0.3, 0.4) is 0 Å². The number of rotatable bonds is 12. The molecule has 0 radical (unpaired) electrons. The van der Waals surface area contributed by atoms with Crippen molar-refractivity contribution in [2.24, 2.45) is 0 Å². The van der Waals surface area contributed by atoms with Gasteiger partial charge in [-0.1, -0.05) is 30.7 Å². The smallest absolute Gasteiger partial charge is 0.410 e. The van der Waals surface area contributed by atoms with Crippen LogP contribution in [0, 0.1) is 18.8 Å². The molecule has 316 valence electrons. The van der Waals surface area contributed by atoms with E-state index in [0.29, 0.717) is 56.6 Å². The standard InChI is InChI=1S/C22H25N5O2.C22H33N3O5/c1-17-15-23-27(16-17)20-8-12-25(13-9-20)11-2-3-18-4-6-19(7-5-18)26-14-10-21(28)24-22(26)29;1-22(2,3)30-21(28)24(4)13-7-5-6-8-15-29-18-11-9-10-17(16-18)25-14-12-19(26)23-20(25)27/h4-7,15-16,20H,8-14H2,1H3,(H,24,28,29);9-11,16H,5-8,12-15H2,1-4H3,(H,23,26,27). The largest absolute Gasteiger partial charge is 0.494 e. The molecule has 6 rings (SSSR count). The molecule has 15 heteroatoms. The Hall–Kier alpha value is -5.88. The molecule has 15 nitrogen and oxygen atoms in total. The van der Waals surface area contributed by atoms with Crippen LogP contribution in [-0.2, 0) is 14.3 Å². The number of nitrogens with one attached hydrogen (secondary N) is 2. The third-order valence-corrected chi connectivity index (χ3v) is 9.98. The van der Waals surface area contributed by atoms with E-state index in [2.05, 4.69) is 50.3 Å². The first-order chi connectivity index (χ1) is 28.2. The number of aromatic nitrogens is 2. The molecule has 2 N–H and O–H groups in total. The predicted molar refractivity (Wildman–Crippen MR) is 225 cm³/mol. The molecular weight excluding hydrogens is 753 g/mol. The zero-order valence-corrected chi connectivity index (χ0v) is 35.0. The average Bonchev–Trinajstić information content (AvgIpc) is 3.64. The van der Waals surface area contributed by atoms with E-state index in [-0.39, 0.29) is 23.9 Å². The first kappa shape index (κ1) is 44.2. The Kier molecular flexibility index (Phi) is 15.9. The maximum atomic E-state index is 12.0. The van der Waals surface area contributed by atoms with Gasteiger partial charge in [0.15, 0.2) is 0 Å². The van der Waals surface area contributed by atoms with Gasteiger partial charge in [0, 0.05) is 81.8 Å². The summed E-state index contributed by atoms with van der Waals surface area (Å²) in [6, 6.07) is 14.6. The fourth-order valence-electron chi connectivity index (χ4n) is 6.74. The van der Waals surface area contributed by atoms with Gasteiger partial charge >= 0.3 is 18.2 Å². The van der Waals surface area contributed by atoms with Crippen molar-refractivity contribution in [1.82, 2.24) is 30.2 Å². The number of piperidine rings is 1. The van der Waals surface area contributed by atoms with Gasteiger partial charge in [-0.05, 0) is 95.3 Å². The highest BCUT2D eigenvalue weighted by Gasteiger charge is 2.26. The fraction of sp³-hybridized carbons (Fsp3) is 0.500. The number of urea groups is 2. The summed E-state index contributed by atoms with van der Waals surface area (Å²) in [6.45, 7) is 12.5. The lowest BCUT2D eigenvalue weighted by Crippen LogP contribution is -2.49. The van der Waals surface area contributed by atoms with E-state index >= 15 is 0 Å². The van der Waals surface area contributed by atoms with Crippen LogP contribution in [0.5, 0.6) is 5.75 Å². The second-order valence-electron chi connectivity index (χ2n) is 16.0. The Balaban J connectivity index is 0.000000224. The van der Waals surface area contributed by atoms with E-state index in [0.717, 1.165) is 69.4 Å². The molecule has 3 aliphatic heterocycles. The van der Waals surface area contributed by atoms with E-state index < -0.39 is 11.6 Å². The molecule has 59 heavy (non-hydrogen) atoms. The second kappa shape index (κ2) is 21.2. The minimum atomic E-state index is -0.477. The number of unbranched alkanes of at least 4 members (excludes halogenated alkanes) is 3. The summed E-state index contributed by atoms with van der Waals surface area (Å²) in [5.74, 6) is 6.69. The summed E-state index contributed by atoms with van der Waals surface area (Å²) in [5.41, 5.74) is 3.14. The van der Waals surface area contributed by atoms with Gasteiger partial charge in [-0.3, -0.25) is 39.6 Å². The van der Waals surface area contributed by atoms with E-state index in [1.165, 1.54) is 10.5 Å². The van der Waals surface area contributed by atoms with Crippen LogP contribution < -0.4 is 25.2 Å². The zero-order valence-electron chi connectivity index (χ0n) is 35.0. The number of nitrogens with zero attached hydrogens (tertiary/aromatic N) is 6. The van der Waals surface area contributed by atoms with Crippen LogP contribution in [0.25, 0.3) is 0 Å². The quantitative estimate of drug-likeness (QED) is 0.159. The molecule has 3 aromatic rings. The van der Waals surface area contributed by atoms with Gasteiger partial charge in [-0.2, -0.15) is 5.10 Å². The van der Waals surface area contributed by atoms with Gasteiger partial charge in [-0.15, -0.1) is 0 Å². The van der Waals surface area contributed by atoms with Crippen LogP contribution >= 0.6 is 0 Å². The van der Waals surface area contributed by atoms with Crippen molar-refractivity contribution in [1.29, 1.82) is 0 Å². The van der Waals surface area contributed by atoms with Crippen LogP contribution in [0.2, 0.25) is 0 Å². The number of anilines is 2. The average molecular weight is 811 g/mol. The molecule has 0 saturated carbocycles. The minimum Gasteiger partial charge on any atom is -0.494 e. The number of amides is 7. The van der Waals surface area contributed by atoms with Crippen molar-refractivity contribution in [2.45, 2.75) is 90.7 Å². The number of carbonyl (C=O) groups excluding carboxylic acids is 5. The van der Waals surface area contributed by atoms with E-state index in [9.17, 15) is 24.0 Å². The zero-order chi connectivity index (χ0) is 42.4. The van der Waals surface area contributed by atoms with Gasteiger partial charge in [0.25, 0.3) is 0 Å². The molecule has 4 heterocycles. The van der Waals surface area contributed by atoms with Gasteiger partial charge in [0.1, 0.15) is 11.4 Å². The maximum Gasteiger partial charge on any atom is 0.410 e. The Morgan fingerprint density at radius 2 is 1.51 bits per heavy atom. The van der Waals surface area contributed by atoms with Gasteiger partial charge in [0.2, 0.25) is 11.8 Å². The van der Waals surface area contributed by atoms with E-state index in [1.807, 2.05) is 75.5 Å². The lowest BCUT2D eigenvalue weighted by molar-refractivity contribution is -0.121. The monoisotopic (exact) mass is 810 g/mol. The summed E-state index contributed by atoms with van der Waals surface area (Å²) in [4.78, 5) is 65.4. The Morgan fingerprint density at radius 3 is 2.12 bits per heavy atom.